The Morgan fingerprint density at radius 2 is 2.32 bits per heavy atom. The van der Waals surface area contributed by atoms with Crippen LogP contribution in [0.1, 0.15) is 38.4 Å². The Bertz CT molecular complexity index is 512. The lowest BCUT2D eigenvalue weighted by atomic mass is 10.1. The average molecular weight is 287 g/mol. The van der Waals surface area contributed by atoms with Gasteiger partial charge < -0.3 is 5.11 Å². The molecule has 0 radical (unpaired) electrons. The van der Waals surface area contributed by atoms with Crippen molar-refractivity contribution in [2.24, 2.45) is 0 Å². The van der Waals surface area contributed by atoms with Gasteiger partial charge in [-0.05, 0) is 19.3 Å². The minimum atomic E-state index is -3.16. The molecule has 1 aromatic heterocycles. The van der Waals surface area contributed by atoms with Gasteiger partial charge in [0.1, 0.15) is 12.2 Å². The summed E-state index contributed by atoms with van der Waals surface area (Å²) in [4.78, 5) is 4.11. The lowest BCUT2D eigenvalue weighted by molar-refractivity contribution is 0.158. The fraction of sp³-hybridized carbons (Fsp3) is 0.833. The van der Waals surface area contributed by atoms with Gasteiger partial charge in [-0.2, -0.15) is 5.10 Å². The number of hydrogen-bond donors (Lipinski definition) is 1. The maximum absolute atomic E-state index is 12.0. The molecule has 1 fully saturated rings. The first-order valence-electron chi connectivity index (χ1n) is 6.81. The third-order valence-electron chi connectivity index (χ3n) is 3.58. The molecule has 1 saturated heterocycles. The summed E-state index contributed by atoms with van der Waals surface area (Å²) in [5, 5.41) is 13.7. The van der Waals surface area contributed by atoms with E-state index in [4.69, 9.17) is 0 Å². The lowest BCUT2D eigenvalue weighted by Gasteiger charge is -2.26. The maximum Gasteiger partial charge on any atom is 0.155 e. The van der Waals surface area contributed by atoms with E-state index in [0.29, 0.717) is 18.7 Å². The Morgan fingerprint density at radius 1 is 1.53 bits per heavy atom. The molecule has 7 heteroatoms. The third kappa shape index (κ3) is 3.33. The van der Waals surface area contributed by atoms with Crippen LogP contribution < -0.4 is 0 Å². The number of nitrogens with zero attached hydrogens (tertiary/aromatic N) is 3. The molecule has 0 spiro atoms. The quantitative estimate of drug-likeness (QED) is 0.855. The number of aliphatic hydroxyl groups is 1. The highest BCUT2D eigenvalue weighted by Gasteiger charge is 2.35. The van der Waals surface area contributed by atoms with Gasteiger partial charge in [0.25, 0.3) is 0 Å². The Balaban J connectivity index is 2.07. The molecule has 0 amide bonds. The fourth-order valence-electron chi connectivity index (χ4n) is 2.57. The van der Waals surface area contributed by atoms with Crippen molar-refractivity contribution in [1.29, 1.82) is 0 Å². The van der Waals surface area contributed by atoms with Crippen molar-refractivity contribution in [2.45, 2.75) is 56.9 Å². The molecule has 1 aromatic rings. The van der Waals surface area contributed by atoms with Gasteiger partial charge in [-0.3, -0.25) is 4.68 Å². The summed E-state index contributed by atoms with van der Waals surface area (Å²) in [6, 6.07) is 0. The highest BCUT2D eigenvalue weighted by atomic mass is 32.2. The van der Waals surface area contributed by atoms with E-state index >= 15 is 0 Å². The van der Waals surface area contributed by atoms with Gasteiger partial charge in [0.2, 0.25) is 0 Å². The predicted molar refractivity (Wildman–Crippen MR) is 71.4 cm³/mol. The molecule has 2 rings (SSSR count). The standard InChI is InChI=1S/C12H21N3O3S/c1-2-6-15-12(13-9-14-15)8-10(16)11-5-3-4-7-19(11,17)18/h9-11,16H,2-8H2,1H3. The van der Waals surface area contributed by atoms with Gasteiger partial charge in [-0.25, -0.2) is 13.4 Å². The van der Waals surface area contributed by atoms with Crippen molar-refractivity contribution < 1.29 is 13.5 Å². The van der Waals surface area contributed by atoms with Crippen molar-refractivity contribution in [3.05, 3.63) is 12.2 Å². The second-order valence-electron chi connectivity index (χ2n) is 5.07. The number of aliphatic hydroxyl groups excluding tert-OH is 1. The first kappa shape index (κ1) is 14.5. The van der Waals surface area contributed by atoms with Crippen LogP contribution in [-0.4, -0.2) is 45.4 Å². The Hall–Kier alpha value is -0.950. The summed E-state index contributed by atoms with van der Waals surface area (Å²) < 4.78 is 25.7. The van der Waals surface area contributed by atoms with Crippen molar-refractivity contribution >= 4 is 9.84 Å². The van der Waals surface area contributed by atoms with Gasteiger partial charge in [0, 0.05) is 13.0 Å². The van der Waals surface area contributed by atoms with Gasteiger partial charge >= 0.3 is 0 Å². The fourth-order valence-corrected chi connectivity index (χ4v) is 4.58. The molecular formula is C12H21N3O3S. The van der Waals surface area contributed by atoms with E-state index in [1.54, 1.807) is 4.68 Å². The second kappa shape index (κ2) is 6.00. The number of sulfone groups is 1. The minimum absolute atomic E-state index is 0.191. The summed E-state index contributed by atoms with van der Waals surface area (Å²) in [6.45, 7) is 2.77. The van der Waals surface area contributed by atoms with Gasteiger partial charge in [0.05, 0.1) is 17.1 Å². The molecule has 0 aliphatic carbocycles. The summed E-state index contributed by atoms with van der Waals surface area (Å²) in [7, 11) is -3.16. The molecule has 108 valence electrons. The van der Waals surface area contributed by atoms with E-state index in [-0.39, 0.29) is 12.2 Å². The van der Waals surface area contributed by atoms with E-state index in [1.165, 1.54) is 6.33 Å². The third-order valence-corrected chi connectivity index (χ3v) is 5.91. The van der Waals surface area contributed by atoms with Crippen molar-refractivity contribution in [1.82, 2.24) is 14.8 Å². The number of rotatable bonds is 5. The van der Waals surface area contributed by atoms with Crippen LogP contribution in [0.25, 0.3) is 0 Å². The zero-order valence-corrected chi connectivity index (χ0v) is 12.0. The minimum Gasteiger partial charge on any atom is -0.391 e. The highest BCUT2D eigenvalue weighted by molar-refractivity contribution is 7.92. The Kier molecular flexibility index (Phi) is 4.57. The van der Waals surface area contributed by atoms with E-state index in [0.717, 1.165) is 19.4 Å². The van der Waals surface area contributed by atoms with Crippen molar-refractivity contribution in [2.75, 3.05) is 5.75 Å². The zero-order valence-electron chi connectivity index (χ0n) is 11.2. The van der Waals surface area contributed by atoms with Crippen LogP contribution in [0, 0.1) is 0 Å². The molecule has 1 N–H and O–H groups in total. The molecule has 6 nitrogen and oxygen atoms in total. The smallest absolute Gasteiger partial charge is 0.155 e. The van der Waals surface area contributed by atoms with Crippen LogP contribution in [-0.2, 0) is 22.8 Å². The van der Waals surface area contributed by atoms with Crippen LogP contribution in [0.2, 0.25) is 0 Å². The van der Waals surface area contributed by atoms with Crippen molar-refractivity contribution in [3.8, 4) is 0 Å². The average Bonchev–Trinajstić information content (AvgIpc) is 2.76. The molecule has 2 heterocycles. The molecule has 0 aromatic carbocycles. The first-order chi connectivity index (χ1) is 9.04. The van der Waals surface area contributed by atoms with Crippen LogP contribution in [0.3, 0.4) is 0 Å². The number of hydrogen-bond acceptors (Lipinski definition) is 5. The van der Waals surface area contributed by atoms with Crippen LogP contribution in [0.5, 0.6) is 0 Å². The normalized spacial score (nSPS) is 24.2. The Labute approximate surface area is 113 Å². The topological polar surface area (TPSA) is 85.1 Å². The van der Waals surface area contributed by atoms with E-state index < -0.39 is 21.2 Å². The molecule has 19 heavy (non-hydrogen) atoms. The largest absolute Gasteiger partial charge is 0.391 e. The van der Waals surface area contributed by atoms with Gasteiger partial charge in [0.15, 0.2) is 9.84 Å². The lowest BCUT2D eigenvalue weighted by Crippen LogP contribution is -2.40. The van der Waals surface area contributed by atoms with Crippen LogP contribution in [0.15, 0.2) is 6.33 Å². The second-order valence-corrected chi connectivity index (χ2v) is 7.41. The van der Waals surface area contributed by atoms with Crippen LogP contribution in [0.4, 0.5) is 0 Å². The molecule has 0 saturated carbocycles. The van der Waals surface area contributed by atoms with Crippen molar-refractivity contribution in [3.63, 3.8) is 0 Å². The molecule has 1 aliphatic rings. The number of aromatic nitrogens is 3. The first-order valence-corrected chi connectivity index (χ1v) is 8.52. The summed E-state index contributed by atoms with van der Waals surface area (Å²) in [5.41, 5.74) is 0. The van der Waals surface area contributed by atoms with E-state index in [1.807, 2.05) is 6.92 Å². The maximum atomic E-state index is 12.0. The Morgan fingerprint density at radius 3 is 3.00 bits per heavy atom. The molecule has 2 unspecified atom stereocenters. The summed E-state index contributed by atoms with van der Waals surface area (Å²) in [5.74, 6) is 0.853. The number of aryl methyl sites for hydroxylation is 1. The molecule has 0 bridgehead atoms. The SMILES string of the molecule is CCCn1ncnc1CC(O)C1CCCCS1(=O)=O. The molecular weight excluding hydrogens is 266 g/mol. The monoisotopic (exact) mass is 287 g/mol. The van der Waals surface area contributed by atoms with E-state index in [2.05, 4.69) is 10.1 Å². The van der Waals surface area contributed by atoms with Crippen LogP contribution >= 0.6 is 0 Å². The summed E-state index contributed by atoms with van der Waals surface area (Å²) in [6.07, 6.45) is 3.86. The van der Waals surface area contributed by atoms with Gasteiger partial charge in [-0.15, -0.1) is 0 Å². The summed E-state index contributed by atoms with van der Waals surface area (Å²) >= 11 is 0. The predicted octanol–water partition coefficient (Wildman–Crippen LogP) is 0.559. The molecule has 1 aliphatic heterocycles. The molecule has 2 atom stereocenters. The zero-order chi connectivity index (χ0) is 13.9. The van der Waals surface area contributed by atoms with E-state index in [9.17, 15) is 13.5 Å². The highest BCUT2D eigenvalue weighted by Crippen LogP contribution is 2.23. The van der Waals surface area contributed by atoms with Gasteiger partial charge in [-0.1, -0.05) is 13.3 Å².